The van der Waals surface area contributed by atoms with Crippen LogP contribution in [-0.4, -0.2) is 15.0 Å². The van der Waals surface area contributed by atoms with Crippen molar-refractivity contribution in [2.45, 2.75) is 32.2 Å². The maximum absolute atomic E-state index is 5.57. The Bertz CT molecular complexity index is 221. The van der Waals surface area contributed by atoms with Crippen molar-refractivity contribution >= 4 is 11.6 Å². The SMILES string of the molecule is CCC(C)n1cc(CCl)nn1. The van der Waals surface area contributed by atoms with Crippen LogP contribution in [0.15, 0.2) is 6.20 Å². The van der Waals surface area contributed by atoms with Crippen LogP contribution < -0.4 is 0 Å². The summed E-state index contributed by atoms with van der Waals surface area (Å²) < 4.78 is 1.84. The van der Waals surface area contributed by atoms with Gasteiger partial charge in [0, 0.05) is 6.20 Å². The molecule has 1 unspecified atom stereocenters. The maximum atomic E-state index is 5.57. The lowest BCUT2D eigenvalue weighted by molar-refractivity contribution is 0.464. The molecule has 3 nitrogen and oxygen atoms in total. The number of rotatable bonds is 3. The molecule has 0 aromatic carbocycles. The molecule has 0 saturated heterocycles. The summed E-state index contributed by atoms with van der Waals surface area (Å²) >= 11 is 5.57. The number of hydrogen-bond donors (Lipinski definition) is 0. The quantitative estimate of drug-likeness (QED) is 0.655. The minimum absolute atomic E-state index is 0.416. The van der Waals surface area contributed by atoms with E-state index in [1.165, 1.54) is 0 Å². The van der Waals surface area contributed by atoms with Crippen LogP contribution in [0.4, 0.5) is 0 Å². The Balaban J connectivity index is 2.71. The Morgan fingerprint density at radius 2 is 2.45 bits per heavy atom. The van der Waals surface area contributed by atoms with Crippen LogP contribution in [0.5, 0.6) is 0 Å². The predicted molar refractivity (Wildman–Crippen MR) is 44.6 cm³/mol. The standard InChI is InChI=1S/C7H12ClN3/c1-3-6(2)11-5-7(4-8)9-10-11/h5-6H,3-4H2,1-2H3. The van der Waals surface area contributed by atoms with Gasteiger partial charge < -0.3 is 0 Å². The summed E-state index contributed by atoms with van der Waals surface area (Å²) in [5, 5.41) is 7.82. The molecule has 4 heteroatoms. The lowest BCUT2D eigenvalue weighted by atomic mass is 10.3. The zero-order valence-corrected chi connectivity index (χ0v) is 7.54. The van der Waals surface area contributed by atoms with Gasteiger partial charge in [-0.15, -0.1) is 16.7 Å². The third-order valence-corrected chi connectivity index (χ3v) is 2.01. The molecular weight excluding hydrogens is 162 g/mol. The maximum Gasteiger partial charge on any atom is 0.0974 e. The van der Waals surface area contributed by atoms with Crippen molar-refractivity contribution in [1.82, 2.24) is 15.0 Å². The molecule has 1 aromatic rings. The number of aromatic nitrogens is 3. The van der Waals surface area contributed by atoms with Crippen LogP contribution in [0.2, 0.25) is 0 Å². The van der Waals surface area contributed by atoms with Gasteiger partial charge in [0.2, 0.25) is 0 Å². The van der Waals surface area contributed by atoms with Gasteiger partial charge in [-0.2, -0.15) is 0 Å². The summed E-state index contributed by atoms with van der Waals surface area (Å²) in [7, 11) is 0. The van der Waals surface area contributed by atoms with Gasteiger partial charge >= 0.3 is 0 Å². The van der Waals surface area contributed by atoms with E-state index in [-0.39, 0.29) is 0 Å². The first-order valence-corrected chi connectivity index (χ1v) is 4.28. The predicted octanol–water partition coefficient (Wildman–Crippen LogP) is 1.99. The molecule has 0 aliphatic heterocycles. The molecule has 0 saturated carbocycles. The van der Waals surface area contributed by atoms with Crippen molar-refractivity contribution in [1.29, 1.82) is 0 Å². The Kier molecular flexibility index (Phi) is 2.88. The Morgan fingerprint density at radius 3 is 2.91 bits per heavy atom. The van der Waals surface area contributed by atoms with E-state index in [2.05, 4.69) is 24.2 Å². The van der Waals surface area contributed by atoms with E-state index in [1.54, 1.807) is 0 Å². The van der Waals surface area contributed by atoms with Gasteiger partial charge in [0.25, 0.3) is 0 Å². The average Bonchev–Trinajstić information content (AvgIpc) is 2.50. The Labute approximate surface area is 71.4 Å². The lowest BCUT2D eigenvalue weighted by Gasteiger charge is -2.05. The highest BCUT2D eigenvalue weighted by molar-refractivity contribution is 6.16. The van der Waals surface area contributed by atoms with Gasteiger partial charge in [-0.25, -0.2) is 4.68 Å². The van der Waals surface area contributed by atoms with Crippen LogP contribution in [-0.2, 0) is 5.88 Å². The number of hydrogen-bond acceptors (Lipinski definition) is 2. The molecule has 0 radical (unpaired) electrons. The van der Waals surface area contributed by atoms with Crippen molar-refractivity contribution in [2.24, 2.45) is 0 Å². The highest BCUT2D eigenvalue weighted by Gasteiger charge is 2.03. The fourth-order valence-electron chi connectivity index (χ4n) is 0.777. The van der Waals surface area contributed by atoms with E-state index in [0.29, 0.717) is 11.9 Å². The van der Waals surface area contributed by atoms with Crippen molar-refractivity contribution in [2.75, 3.05) is 0 Å². The van der Waals surface area contributed by atoms with Crippen LogP contribution >= 0.6 is 11.6 Å². The third-order valence-electron chi connectivity index (χ3n) is 1.74. The highest BCUT2D eigenvalue weighted by atomic mass is 35.5. The Morgan fingerprint density at radius 1 is 1.73 bits per heavy atom. The van der Waals surface area contributed by atoms with Crippen molar-refractivity contribution in [3.05, 3.63) is 11.9 Å². The molecule has 0 fully saturated rings. The number of alkyl halides is 1. The van der Waals surface area contributed by atoms with Gasteiger partial charge in [-0.3, -0.25) is 0 Å². The van der Waals surface area contributed by atoms with Crippen molar-refractivity contribution < 1.29 is 0 Å². The first-order chi connectivity index (χ1) is 5.27. The van der Waals surface area contributed by atoms with Crippen molar-refractivity contribution in [3.8, 4) is 0 Å². The smallest absolute Gasteiger partial charge is 0.0974 e. The second-order valence-electron chi connectivity index (χ2n) is 2.58. The van der Waals surface area contributed by atoms with Crippen LogP contribution in [0.3, 0.4) is 0 Å². The zero-order valence-electron chi connectivity index (χ0n) is 6.79. The largest absolute Gasteiger partial charge is 0.249 e. The molecule has 1 aromatic heterocycles. The lowest BCUT2D eigenvalue weighted by Crippen LogP contribution is -2.03. The van der Waals surface area contributed by atoms with Crippen LogP contribution in [0, 0.1) is 0 Å². The Hall–Kier alpha value is -0.570. The molecule has 1 atom stereocenters. The summed E-state index contributed by atoms with van der Waals surface area (Å²) in [5.41, 5.74) is 0.840. The third kappa shape index (κ3) is 1.93. The van der Waals surface area contributed by atoms with Gasteiger partial charge in [-0.1, -0.05) is 12.1 Å². The van der Waals surface area contributed by atoms with E-state index in [4.69, 9.17) is 11.6 Å². The van der Waals surface area contributed by atoms with Crippen molar-refractivity contribution in [3.63, 3.8) is 0 Å². The zero-order chi connectivity index (χ0) is 8.27. The van der Waals surface area contributed by atoms with Crippen LogP contribution in [0.1, 0.15) is 32.0 Å². The second kappa shape index (κ2) is 3.72. The second-order valence-corrected chi connectivity index (χ2v) is 2.85. The molecule has 0 aliphatic rings. The molecule has 0 N–H and O–H groups in total. The fourth-order valence-corrected chi connectivity index (χ4v) is 0.900. The molecule has 0 spiro atoms. The summed E-state index contributed by atoms with van der Waals surface area (Å²) in [4.78, 5) is 0. The molecule has 0 bridgehead atoms. The molecule has 0 amide bonds. The fraction of sp³-hybridized carbons (Fsp3) is 0.714. The molecule has 1 heterocycles. The van der Waals surface area contributed by atoms with Gasteiger partial charge in [0.1, 0.15) is 0 Å². The summed E-state index contributed by atoms with van der Waals surface area (Å²) in [6.45, 7) is 4.22. The molecule has 62 valence electrons. The molecule has 0 aliphatic carbocycles. The molecule has 11 heavy (non-hydrogen) atoms. The van der Waals surface area contributed by atoms with E-state index in [1.807, 2.05) is 10.9 Å². The van der Waals surface area contributed by atoms with E-state index < -0.39 is 0 Å². The normalized spacial score (nSPS) is 13.4. The van der Waals surface area contributed by atoms with Gasteiger partial charge in [-0.05, 0) is 13.3 Å². The first kappa shape index (κ1) is 8.53. The summed E-state index contributed by atoms with van der Waals surface area (Å²) in [6, 6.07) is 0.416. The molecule has 1 rings (SSSR count). The highest BCUT2D eigenvalue weighted by Crippen LogP contribution is 2.08. The summed E-state index contributed by atoms with van der Waals surface area (Å²) in [5.74, 6) is 0.441. The summed E-state index contributed by atoms with van der Waals surface area (Å²) in [6.07, 6.45) is 2.95. The number of halogens is 1. The minimum atomic E-state index is 0.416. The van der Waals surface area contributed by atoms with E-state index in [0.717, 1.165) is 12.1 Å². The van der Waals surface area contributed by atoms with E-state index in [9.17, 15) is 0 Å². The van der Waals surface area contributed by atoms with Crippen LogP contribution in [0.25, 0.3) is 0 Å². The first-order valence-electron chi connectivity index (χ1n) is 3.74. The van der Waals surface area contributed by atoms with E-state index >= 15 is 0 Å². The average molecular weight is 174 g/mol. The number of nitrogens with zero attached hydrogens (tertiary/aromatic N) is 3. The topological polar surface area (TPSA) is 30.7 Å². The monoisotopic (exact) mass is 173 g/mol. The molecular formula is C7H12ClN3. The van der Waals surface area contributed by atoms with Gasteiger partial charge in [0.05, 0.1) is 17.6 Å². The minimum Gasteiger partial charge on any atom is -0.249 e. The van der Waals surface area contributed by atoms with Gasteiger partial charge in [0.15, 0.2) is 0 Å².